The molecular weight excluding hydrogens is 388 g/mol. The quantitative estimate of drug-likeness (QED) is 0.448. The molecule has 0 aliphatic carbocycles. The first-order chi connectivity index (χ1) is 14.4. The Kier molecular flexibility index (Phi) is 6.38. The number of carbonyl (C=O) groups excluding carboxylic acids is 1. The molecule has 10 nitrogen and oxygen atoms in total. The summed E-state index contributed by atoms with van der Waals surface area (Å²) in [6, 6.07) is 12.0. The standard InChI is InChI=1S/C20H22N6O4/c1-14(15-4-6-16(7-5-15)25-13-21-12-22-25)24(2)11-20(27)23-18-9-8-17(30-3)10-19(18)26(28)29/h4-10,12-14H,11H2,1-3H3,(H,23,27). The van der Waals surface area contributed by atoms with Crippen LogP contribution in [0.2, 0.25) is 0 Å². The lowest BCUT2D eigenvalue weighted by molar-refractivity contribution is -0.384. The number of nitro benzene ring substituents is 1. The maximum atomic E-state index is 12.5. The van der Waals surface area contributed by atoms with E-state index in [1.165, 1.54) is 25.6 Å². The number of methoxy groups -OCH3 is 1. The molecule has 10 heteroatoms. The maximum absolute atomic E-state index is 12.5. The summed E-state index contributed by atoms with van der Waals surface area (Å²) in [4.78, 5) is 29.0. The number of nitrogens with zero attached hydrogens (tertiary/aromatic N) is 5. The fourth-order valence-electron chi connectivity index (χ4n) is 2.95. The Hall–Kier alpha value is -3.79. The molecule has 1 N–H and O–H groups in total. The lowest BCUT2D eigenvalue weighted by Gasteiger charge is -2.24. The second kappa shape index (κ2) is 9.14. The molecule has 2 aromatic carbocycles. The topological polar surface area (TPSA) is 115 Å². The lowest BCUT2D eigenvalue weighted by atomic mass is 10.1. The third kappa shape index (κ3) is 4.78. The summed E-state index contributed by atoms with van der Waals surface area (Å²) >= 11 is 0. The number of nitrogens with one attached hydrogen (secondary N) is 1. The summed E-state index contributed by atoms with van der Waals surface area (Å²) in [6.07, 6.45) is 3.09. The summed E-state index contributed by atoms with van der Waals surface area (Å²) in [5.41, 5.74) is 1.81. The number of carbonyl (C=O) groups is 1. The molecule has 1 unspecified atom stereocenters. The summed E-state index contributed by atoms with van der Waals surface area (Å²) in [5.74, 6) is -0.00312. The Bertz CT molecular complexity index is 1020. The molecule has 0 aliphatic heterocycles. The van der Waals surface area contributed by atoms with E-state index in [1.807, 2.05) is 43.1 Å². The van der Waals surface area contributed by atoms with Crippen molar-refractivity contribution in [1.29, 1.82) is 0 Å². The fraction of sp³-hybridized carbons (Fsp3) is 0.250. The molecule has 0 fully saturated rings. The number of anilines is 1. The van der Waals surface area contributed by atoms with Crippen LogP contribution in [0.15, 0.2) is 55.1 Å². The molecule has 0 aliphatic rings. The lowest BCUT2D eigenvalue weighted by Crippen LogP contribution is -2.32. The summed E-state index contributed by atoms with van der Waals surface area (Å²) < 4.78 is 6.67. The number of aromatic nitrogens is 3. The Morgan fingerprint density at radius 3 is 2.63 bits per heavy atom. The smallest absolute Gasteiger partial charge is 0.296 e. The maximum Gasteiger partial charge on any atom is 0.296 e. The van der Waals surface area contributed by atoms with Crippen LogP contribution in [-0.2, 0) is 4.79 Å². The van der Waals surface area contributed by atoms with Crippen molar-refractivity contribution in [3.63, 3.8) is 0 Å². The van der Waals surface area contributed by atoms with Gasteiger partial charge in [-0.1, -0.05) is 12.1 Å². The molecular formula is C20H22N6O4. The molecule has 0 radical (unpaired) electrons. The van der Waals surface area contributed by atoms with E-state index in [9.17, 15) is 14.9 Å². The zero-order valence-corrected chi connectivity index (χ0v) is 16.8. The Morgan fingerprint density at radius 1 is 1.30 bits per heavy atom. The highest BCUT2D eigenvalue weighted by Crippen LogP contribution is 2.29. The van der Waals surface area contributed by atoms with Crippen molar-refractivity contribution in [3.8, 4) is 11.4 Å². The van der Waals surface area contributed by atoms with Gasteiger partial charge in [0.15, 0.2) is 0 Å². The van der Waals surface area contributed by atoms with Crippen LogP contribution in [0, 0.1) is 10.1 Å². The number of rotatable bonds is 8. The first-order valence-corrected chi connectivity index (χ1v) is 9.16. The van der Waals surface area contributed by atoms with Crippen LogP contribution in [0.1, 0.15) is 18.5 Å². The van der Waals surface area contributed by atoms with E-state index in [0.717, 1.165) is 11.3 Å². The van der Waals surface area contributed by atoms with Crippen molar-refractivity contribution in [2.75, 3.05) is 26.0 Å². The molecule has 0 saturated carbocycles. The summed E-state index contributed by atoms with van der Waals surface area (Å²) in [5, 5.41) is 18.0. The minimum atomic E-state index is -0.554. The van der Waals surface area contributed by atoms with Crippen LogP contribution >= 0.6 is 0 Å². The minimum absolute atomic E-state index is 0.0496. The van der Waals surface area contributed by atoms with Gasteiger partial charge in [-0.3, -0.25) is 19.8 Å². The number of hydrogen-bond donors (Lipinski definition) is 1. The van der Waals surface area contributed by atoms with Crippen LogP contribution in [-0.4, -0.2) is 51.2 Å². The number of benzene rings is 2. The summed E-state index contributed by atoms with van der Waals surface area (Å²) in [7, 11) is 3.24. The highest BCUT2D eigenvalue weighted by Gasteiger charge is 2.20. The van der Waals surface area contributed by atoms with Gasteiger partial charge in [0.05, 0.1) is 30.3 Å². The van der Waals surface area contributed by atoms with Gasteiger partial charge in [-0.25, -0.2) is 9.67 Å². The minimum Gasteiger partial charge on any atom is -0.496 e. The fourth-order valence-corrected chi connectivity index (χ4v) is 2.95. The van der Waals surface area contributed by atoms with E-state index in [2.05, 4.69) is 15.4 Å². The highest BCUT2D eigenvalue weighted by atomic mass is 16.6. The van der Waals surface area contributed by atoms with Crippen molar-refractivity contribution in [1.82, 2.24) is 19.7 Å². The van der Waals surface area contributed by atoms with Gasteiger partial charge in [-0.15, -0.1) is 0 Å². The second-order valence-corrected chi connectivity index (χ2v) is 6.71. The predicted octanol–water partition coefficient (Wildman–Crippen LogP) is 2.82. The monoisotopic (exact) mass is 410 g/mol. The third-order valence-electron chi connectivity index (χ3n) is 4.79. The number of ether oxygens (including phenoxy) is 1. The SMILES string of the molecule is COc1ccc(NC(=O)CN(C)C(C)c2ccc(-n3cncn3)cc2)c([N+](=O)[O-])c1. The molecule has 1 atom stereocenters. The molecule has 30 heavy (non-hydrogen) atoms. The van der Waals surface area contributed by atoms with E-state index in [1.54, 1.807) is 17.1 Å². The van der Waals surface area contributed by atoms with E-state index in [-0.39, 0.29) is 29.9 Å². The second-order valence-electron chi connectivity index (χ2n) is 6.71. The molecule has 3 rings (SSSR count). The number of likely N-dealkylation sites (N-methyl/N-ethyl adjacent to an activating group) is 1. The van der Waals surface area contributed by atoms with Gasteiger partial charge < -0.3 is 10.1 Å². The molecule has 0 saturated heterocycles. The number of hydrogen-bond acceptors (Lipinski definition) is 7. The van der Waals surface area contributed by atoms with Crippen molar-refractivity contribution >= 4 is 17.3 Å². The average molecular weight is 410 g/mol. The zero-order valence-electron chi connectivity index (χ0n) is 16.8. The molecule has 1 amide bonds. The first kappa shape index (κ1) is 20.9. The van der Waals surface area contributed by atoms with Gasteiger partial charge in [0.1, 0.15) is 24.1 Å². The largest absolute Gasteiger partial charge is 0.496 e. The molecule has 0 spiro atoms. The molecule has 1 aromatic heterocycles. The van der Waals surface area contributed by atoms with Crippen LogP contribution in [0.3, 0.4) is 0 Å². The predicted molar refractivity (Wildman–Crippen MR) is 111 cm³/mol. The molecule has 3 aromatic rings. The van der Waals surface area contributed by atoms with E-state index in [4.69, 9.17) is 4.74 Å². The van der Waals surface area contributed by atoms with Gasteiger partial charge in [-0.05, 0) is 43.8 Å². The Balaban J connectivity index is 1.64. The van der Waals surface area contributed by atoms with Gasteiger partial charge in [0.2, 0.25) is 5.91 Å². The third-order valence-corrected chi connectivity index (χ3v) is 4.79. The van der Waals surface area contributed by atoms with Gasteiger partial charge >= 0.3 is 0 Å². The van der Waals surface area contributed by atoms with Crippen molar-refractivity contribution < 1.29 is 14.5 Å². The Morgan fingerprint density at radius 2 is 2.03 bits per heavy atom. The van der Waals surface area contributed by atoms with Crippen molar-refractivity contribution in [3.05, 3.63) is 70.8 Å². The van der Waals surface area contributed by atoms with Gasteiger partial charge in [0, 0.05) is 6.04 Å². The zero-order chi connectivity index (χ0) is 21.7. The van der Waals surface area contributed by atoms with Crippen LogP contribution in [0.25, 0.3) is 5.69 Å². The highest BCUT2D eigenvalue weighted by molar-refractivity contribution is 5.94. The van der Waals surface area contributed by atoms with E-state index >= 15 is 0 Å². The first-order valence-electron chi connectivity index (χ1n) is 9.16. The normalized spacial score (nSPS) is 11.9. The van der Waals surface area contributed by atoms with Crippen molar-refractivity contribution in [2.24, 2.45) is 0 Å². The van der Waals surface area contributed by atoms with Crippen LogP contribution < -0.4 is 10.1 Å². The van der Waals surface area contributed by atoms with E-state index < -0.39 is 4.92 Å². The van der Waals surface area contributed by atoms with E-state index in [0.29, 0.717) is 5.75 Å². The van der Waals surface area contributed by atoms with Gasteiger partial charge in [0.25, 0.3) is 5.69 Å². The van der Waals surface area contributed by atoms with Crippen LogP contribution in [0.5, 0.6) is 5.75 Å². The molecule has 1 heterocycles. The summed E-state index contributed by atoms with van der Waals surface area (Å²) in [6.45, 7) is 2.04. The number of amides is 1. The number of nitro groups is 1. The molecule has 156 valence electrons. The molecule has 0 bridgehead atoms. The Labute approximate surface area is 173 Å². The van der Waals surface area contributed by atoms with Crippen LogP contribution in [0.4, 0.5) is 11.4 Å². The average Bonchev–Trinajstić information content (AvgIpc) is 3.28. The van der Waals surface area contributed by atoms with Gasteiger partial charge in [-0.2, -0.15) is 5.10 Å². The van der Waals surface area contributed by atoms with Crippen molar-refractivity contribution in [2.45, 2.75) is 13.0 Å².